The minimum atomic E-state index is -1.58. The smallest absolute Gasteiger partial charge is 0.220 e. The molecule has 6 N–H and O–H groups in total. The zero-order valence-electron chi connectivity index (χ0n) is 57.1. The molecule has 0 saturated carbocycles. The Morgan fingerprint density at radius 1 is 0.393 bits per heavy atom. The van der Waals surface area contributed by atoms with Gasteiger partial charge in [-0.15, -0.1) is 0 Å². The van der Waals surface area contributed by atoms with Crippen molar-refractivity contribution in [2.45, 2.75) is 352 Å². The standard InChI is InChI=1S/C80H137NO8/c1-3-5-7-9-11-13-15-17-19-21-23-25-27-29-30-31-32-33-34-35-36-37-38-39-40-41-42-43-44-46-48-50-52-54-56-58-60-62-64-66-68-70-76(84)81-73(72-88-80-79(87)78(86)77(85)75(71-82)89-80)74(83)69-67-65-63-61-59-57-55-53-51-49-47-45-28-26-24-22-20-18-16-14-12-10-8-6-4-2/h5,7,11,13,17,19,23,25,29-30,32-33,35-36,38-39,41-42,59,61,67,69,73-75,77-80,82-83,85-87H,3-4,6,8-10,12,14-16,18,20-22,24,26-28,31,34,37,40,43-58,60,62-66,68,70-72H2,1-2H3,(H,81,84)/b7-5-,13-11-,19-17-,25-23-,30-29-,33-32-,36-35-,39-38-,42-41-,61-59+,69-67+. The number of amides is 1. The fraction of sp³-hybridized carbons (Fsp3) is 0.713. The maximum Gasteiger partial charge on any atom is 0.220 e. The zero-order valence-corrected chi connectivity index (χ0v) is 57.1. The van der Waals surface area contributed by atoms with Crippen LogP contribution < -0.4 is 5.32 Å². The second-order valence-electron chi connectivity index (χ2n) is 25.0. The van der Waals surface area contributed by atoms with Crippen molar-refractivity contribution in [3.8, 4) is 0 Å². The SMILES string of the molecule is CC/C=C\C/C=C\C/C=C\C/C=C\C/C=C\C/C=C\C/C=C\C/C=C\C/C=C\CCCCCCCCCCCCCCCC(=O)NC(COC1OC(CO)C(O)C(O)C1O)C(O)/C=C/CC/C=C/CCCCCCCCCCCCCCCCCCCCC. The molecule has 1 aliphatic rings. The van der Waals surface area contributed by atoms with E-state index >= 15 is 0 Å². The third-order valence-electron chi connectivity index (χ3n) is 16.7. The first kappa shape index (κ1) is 83.3. The lowest BCUT2D eigenvalue weighted by Crippen LogP contribution is -2.60. The Hall–Kier alpha value is -3.67. The second-order valence-corrected chi connectivity index (χ2v) is 25.0. The maximum absolute atomic E-state index is 13.1. The van der Waals surface area contributed by atoms with Crippen molar-refractivity contribution < 1.29 is 39.8 Å². The summed E-state index contributed by atoms with van der Waals surface area (Å²) in [6.07, 6.45) is 95.6. The molecule has 510 valence electrons. The summed E-state index contributed by atoms with van der Waals surface area (Å²) in [6, 6.07) is -0.832. The molecule has 9 heteroatoms. The summed E-state index contributed by atoms with van der Waals surface area (Å²) in [7, 11) is 0. The van der Waals surface area contributed by atoms with E-state index in [1.807, 2.05) is 6.08 Å². The van der Waals surface area contributed by atoms with E-state index in [1.165, 1.54) is 193 Å². The molecule has 1 fully saturated rings. The number of hydrogen-bond donors (Lipinski definition) is 6. The molecule has 1 rings (SSSR count). The maximum atomic E-state index is 13.1. The van der Waals surface area contributed by atoms with Gasteiger partial charge in [0.2, 0.25) is 5.91 Å². The van der Waals surface area contributed by atoms with E-state index in [0.717, 1.165) is 96.3 Å². The van der Waals surface area contributed by atoms with Gasteiger partial charge in [-0.2, -0.15) is 0 Å². The number of allylic oxidation sites excluding steroid dienone is 21. The van der Waals surface area contributed by atoms with Crippen molar-refractivity contribution in [2.75, 3.05) is 13.2 Å². The minimum absolute atomic E-state index is 0.190. The lowest BCUT2D eigenvalue weighted by atomic mass is 9.99. The number of aliphatic hydroxyl groups is 5. The fourth-order valence-corrected chi connectivity index (χ4v) is 11.0. The highest BCUT2D eigenvalue weighted by Gasteiger charge is 2.44. The summed E-state index contributed by atoms with van der Waals surface area (Å²) in [5.41, 5.74) is 0. The summed E-state index contributed by atoms with van der Waals surface area (Å²) in [5.74, 6) is -0.190. The van der Waals surface area contributed by atoms with Gasteiger partial charge in [-0.05, 0) is 103 Å². The van der Waals surface area contributed by atoms with Crippen LogP contribution in [0.4, 0.5) is 0 Å². The van der Waals surface area contributed by atoms with Crippen LogP contribution in [-0.4, -0.2) is 87.5 Å². The van der Waals surface area contributed by atoms with Crippen molar-refractivity contribution in [1.29, 1.82) is 0 Å². The molecule has 0 aliphatic carbocycles. The van der Waals surface area contributed by atoms with Crippen LogP contribution in [0.5, 0.6) is 0 Å². The normalized spacial score (nSPS) is 18.7. The van der Waals surface area contributed by atoms with E-state index in [4.69, 9.17) is 9.47 Å². The van der Waals surface area contributed by atoms with E-state index in [0.29, 0.717) is 6.42 Å². The predicted molar refractivity (Wildman–Crippen MR) is 382 cm³/mol. The van der Waals surface area contributed by atoms with Gasteiger partial charge in [-0.25, -0.2) is 0 Å². The lowest BCUT2D eigenvalue weighted by molar-refractivity contribution is -0.302. The first-order valence-corrected chi connectivity index (χ1v) is 36.9. The van der Waals surface area contributed by atoms with Gasteiger partial charge in [0, 0.05) is 6.42 Å². The highest BCUT2D eigenvalue weighted by Crippen LogP contribution is 2.23. The molecule has 1 saturated heterocycles. The summed E-state index contributed by atoms with van der Waals surface area (Å²) in [5, 5.41) is 54.8. The van der Waals surface area contributed by atoms with Crippen LogP contribution in [0.1, 0.15) is 309 Å². The van der Waals surface area contributed by atoms with Gasteiger partial charge < -0.3 is 40.3 Å². The molecular formula is C80H137NO8. The Bertz CT molecular complexity index is 1870. The third kappa shape index (κ3) is 55.7. The number of aliphatic hydroxyl groups excluding tert-OH is 5. The van der Waals surface area contributed by atoms with Crippen LogP contribution >= 0.6 is 0 Å². The Balaban J connectivity index is 2.13. The highest BCUT2D eigenvalue weighted by molar-refractivity contribution is 5.76. The molecule has 7 atom stereocenters. The molecule has 9 nitrogen and oxygen atoms in total. The Kier molecular flexibility index (Phi) is 63.0. The summed E-state index contributed by atoms with van der Waals surface area (Å²) >= 11 is 0. The average Bonchev–Trinajstić information content (AvgIpc) is 2.59. The first-order chi connectivity index (χ1) is 43.8. The monoisotopic (exact) mass is 1240 g/mol. The largest absolute Gasteiger partial charge is 0.394 e. The van der Waals surface area contributed by atoms with Gasteiger partial charge in [-0.3, -0.25) is 4.79 Å². The van der Waals surface area contributed by atoms with Gasteiger partial charge in [-0.1, -0.05) is 334 Å². The van der Waals surface area contributed by atoms with Crippen LogP contribution in [0, 0.1) is 0 Å². The number of ether oxygens (including phenoxy) is 2. The second kappa shape index (κ2) is 67.2. The predicted octanol–water partition coefficient (Wildman–Crippen LogP) is 20.8. The molecule has 1 aliphatic heterocycles. The minimum Gasteiger partial charge on any atom is -0.394 e. The van der Waals surface area contributed by atoms with Crippen LogP contribution in [0.3, 0.4) is 0 Å². The molecule has 1 heterocycles. The van der Waals surface area contributed by atoms with E-state index < -0.39 is 49.5 Å². The van der Waals surface area contributed by atoms with Crippen molar-refractivity contribution >= 4 is 5.91 Å². The average molecular weight is 1240 g/mol. The Morgan fingerprint density at radius 2 is 0.708 bits per heavy atom. The Morgan fingerprint density at radius 3 is 1.08 bits per heavy atom. The highest BCUT2D eigenvalue weighted by atomic mass is 16.7. The van der Waals surface area contributed by atoms with Gasteiger partial charge in [0.15, 0.2) is 6.29 Å². The van der Waals surface area contributed by atoms with E-state index in [-0.39, 0.29) is 12.5 Å². The molecule has 1 amide bonds. The van der Waals surface area contributed by atoms with Gasteiger partial charge in [0.05, 0.1) is 25.4 Å². The topological polar surface area (TPSA) is 149 Å². The molecule has 0 aromatic heterocycles. The molecule has 0 radical (unpaired) electrons. The van der Waals surface area contributed by atoms with E-state index in [2.05, 4.69) is 141 Å². The first-order valence-electron chi connectivity index (χ1n) is 36.9. The van der Waals surface area contributed by atoms with Crippen LogP contribution in [0.25, 0.3) is 0 Å². The quantitative estimate of drug-likeness (QED) is 0.0261. The van der Waals surface area contributed by atoms with Crippen molar-refractivity contribution in [2.24, 2.45) is 0 Å². The number of unbranched alkanes of at least 4 members (excludes halogenated alkanes) is 33. The van der Waals surface area contributed by atoms with Gasteiger partial charge in [0.1, 0.15) is 24.4 Å². The van der Waals surface area contributed by atoms with Crippen molar-refractivity contribution in [3.63, 3.8) is 0 Å². The van der Waals surface area contributed by atoms with Gasteiger partial charge >= 0.3 is 0 Å². The summed E-state index contributed by atoms with van der Waals surface area (Å²) in [4.78, 5) is 13.1. The van der Waals surface area contributed by atoms with Gasteiger partial charge in [0.25, 0.3) is 0 Å². The third-order valence-corrected chi connectivity index (χ3v) is 16.7. The number of hydrogen-bond acceptors (Lipinski definition) is 8. The van der Waals surface area contributed by atoms with Crippen molar-refractivity contribution in [1.82, 2.24) is 5.32 Å². The zero-order chi connectivity index (χ0) is 64.2. The van der Waals surface area contributed by atoms with Crippen LogP contribution in [-0.2, 0) is 14.3 Å². The summed E-state index contributed by atoms with van der Waals surface area (Å²) < 4.78 is 11.3. The Labute approximate surface area is 547 Å². The number of rotatable bonds is 63. The van der Waals surface area contributed by atoms with Crippen LogP contribution in [0.15, 0.2) is 134 Å². The van der Waals surface area contributed by atoms with E-state index in [1.54, 1.807) is 6.08 Å². The van der Waals surface area contributed by atoms with E-state index in [9.17, 15) is 30.3 Å². The molecule has 89 heavy (non-hydrogen) atoms. The molecule has 7 unspecified atom stereocenters. The lowest BCUT2D eigenvalue weighted by Gasteiger charge is -2.40. The molecular weight excluding hydrogens is 1100 g/mol. The fourth-order valence-electron chi connectivity index (χ4n) is 11.0. The molecule has 0 spiro atoms. The number of nitrogens with one attached hydrogen (secondary N) is 1. The number of carbonyl (C=O) groups is 1. The molecule has 0 bridgehead atoms. The number of carbonyl (C=O) groups excluding carboxylic acids is 1. The van der Waals surface area contributed by atoms with Crippen molar-refractivity contribution in [3.05, 3.63) is 134 Å². The summed E-state index contributed by atoms with van der Waals surface area (Å²) in [6.45, 7) is 3.67. The molecule has 0 aromatic carbocycles. The van der Waals surface area contributed by atoms with Crippen LogP contribution in [0.2, 0.25) is 0 Å². The molecule has 0 aromatic rings.